The van der Waals surface area contributed by atoms with E-state index < -0.39 is 8.07 Å². The van der Waals surface area contributed by atoms with Crippen LogP contribution in [0.25, 0.3) is 0 Å². The Morgan fingerprint density at radius 1 is 0.508 bits per heavy atom. The van der Waals surface area contributed by atoms with E-state index in [1.807, 2.05) is 0 Å². The van der Waals surface area contributed by atoms with Crippen molar-refractivity contribution in [3.8, 4) is 0 Å². The largest absolute Gasteiger partial charge is 0.334 e. The fourth-order valence-electron chi connectivity index (χ4n) is 12.3. The molecule has 6 aromatic carbocycles. The Kier molecular flexibility index (Phi) is 7.57. The Labute approximate surface area is 354 Å². The normalized spacial score (nSPS) is 21.9. The molecule has 0 N–H and O–H groups in total. The Morgan fingerprint density at radius 3 is 1.49 bits per heavy atom. The van der Waals surface area contributed by atoms with Crippen molar-refractivity contribution in [2.45, 2.75) is 116 Å². The van der Waals surface area contributed by atoms with E-state index in [1.54, 1.807) is 10.4 Å². The number of hydrogen-bond acceptors (Lipinski definition) is 3. The number of benzene rings is 6. The number of hydrogen-bond donors (Lipinski definition) is 0. The minimum absolute atomic E-state index is 0.0580. The lowest BCUT2D eigenvalue weighted by atomic mass is 9.33. The second kappa shape index (κ2) is 12.1. The summed E-state index contributed by atoms with van der Waals surface area (Å²) in [5, 5.41) is 3.15. The molecule has 1 fully saturated rings. The molecule has 0 radical (unpaired) electrons. The fraction of sp³-hybridized carbons (Fsp3) is 0.333. The lowest BCUT2D eigenvalue weighted by molar-refractivity contribution is 0.195. The SMILES string of the molecule is CC(C)(C)c1ccc(N2c3cc(N4c5ccccc5C5(C)CCCCC45C)cc4c3B3c5c2cccc5[Si](C)(C)c2cccc(c23)N4c2ccc(C(C)(C)C)cc2)cc1. The predicted octanol–water partition coefficient (Wildman–Crippen LogP) is 11.2. The van der Waals surface area contributed by atoms with Gasteiger partial charge in [-0.25, -0.2) is 0 Å². The predicted molar refractivity (Wildman–Crippen MR) is 257 cm³/mol. The lowest BCUT2D eigenvalue weighted by Gasteiger charge is -2.52. The molecule has 2 unspecified atom stereocenters. The van der Waals surface area contributed by atoms with E-state index in [0.717, 1.165) is 0 Å². The number of rotatable bonds is 3. The summed E-state index contributed by atoms with van der Waals surface area (Å²) in [6.07, 6.45) is 4.91. The highest BCUT2D eigenvalue weighted by molar-refractivity contribution is 7.16. The molecule has 0 bridgehead atoms. The zero-order valence-corrected chi connectivity index (χ0v) is 37.8. The number of fused-ring (bicyclic) bond motifs is 3. The fourth-order valence-corrected chi connectivity index (χ4v) is 15.5. The van der Waals surface area contributed by atoms with Crippen LogP contribution in [0.2, 0.25) is 13.1 Å². The van der Waals surface area contributed by atoms with Gasteiger partial charge in [-0.05, 0) is 118 Å². The van der Waals surface area contributed by atoms with Crippen molar-refractivity contribution in [3.05, 3.63) is 138 Å². The van der Waals surface area contributed by atoms with Crippen LogP contribution in [0.5, 0.6) is 0 Å². The van der Waals surface area contributed by atoms with Gasteiger partial charge in [0.05, 0.1) is 5.54 Å². The van der Waals surface area contributed by atoms with Gasteiger partial charge < -0.3 is 14.7 Å². The molecule has 59 heavy (non-hydrogen) atoms. The number of nitrogens with zero attached hydrogens (tertiary/aromatic N) is 3. The van der Waals surface area contributed by atoms with Gasteiger partial charge in [-0.15, -0.1) is 0 Å². The topological polar surface area (TPSA) is 9.72 Å². The summed E-state index contributed by atoms with van der Waals surface area (Å²) >= 11 is 0. The van der Waals surface area contributed by atoms with Crippen LogP contribution in [0.4, 0.5) is 45.5 Å². The molecular weight excluding hydrogens is 730 g/mol. The summed E-state index contributed by atoms with van der Waals surface area (Å²) in [6.45, 7) is 24.4. The zero-order valence-electron chi connectivity index (χ0n) is 36.8. The minimum atomic E-state index is -2.11. The highest BCUT2D eigenvalue weighted by Crippen LogP contribution is 2.61. The molecular formula is C54H58BN3Si. The summed E-state index contributed by atoms with van der Waals surface area (Å²) in [4.78, 5) is 8.09. The second-order valence-electron chi connectivity index (χ2n) is 21.4. The molecule has 3 nitrogen and oxygen atoms in total. The molecule has 0 saturated heterocycles. The van der Waals surface area contributed by atoms with Gasteiger partial charge in [0, 0.05) is 50.9 Å². The van der Waals surface area contributed by atoms with Gasteiger partial charge in [0.25, 0.3) is 6.71 Å². The first-order valence-corrected chi connectivity index (χ1v) is 25.2. The molecule has 5 aliphatic rings. The third-order valence-corrected chi connectivity index (χ3v) is 19.3. The van der Waals surface area contributed by atoms with E-state index in [2.05, 4.69) is 205 Å². The van der Waals surface area contributed by atoms with Gasteiger partial charge in [-0.1, -0.05) is 152 Å². The highest BCUT2D eigenvalue weighted by atomic mass is 28.3. The maximum atomic E-state index is 2.79. The summed E-state index contributed by atoms with van der Waals surface area (Å²) in [5.41, 5.74) is 19.2. The molecule has 0 spiro atoms. The first kappa shape index (κ1) is 37.0. The van der Waals surface area contributed by atoms with Crippen LogP contribution in [0, 0.1) is 0 Å². The van der Waals surface area contributed by atoms with E-state index in [1.165, 1.54) is 104 Å². The Bertz CT molecular complexity index is 2580. The maximum Gasteiger partial charge on any atom is 0.251 e. The minimum Gasteiger partial charge on any atom is -0.334 e. The van der Waals surface area contributed by atoms with E-state index in [-0.39, 0.29) is 28.5 Å². The molecule has 1 aliphatic carbocycles. The summed E-state index contributed by atoms with van der Waals surface area (Å²) < 4.78 is 0. The van der Waals surface area contributed by atoms with Crippen LogP contribution in [-0.4, -0.2) is 20.3 Å². The molecule has 6 aromatic rings. The molecule has 4 heterocycles. The van der Waals surface area contributed by atoms with Crippen LogP contribution < -0.4 is 41.5 Å². The standard InChI is InChI=1S/C54H58BN3Si/c1-51(2,3)35-23-27-37(28-24-35)56-42-19-15-21-46-49(42)55-48-44(56)33-39(58-41-18-12-11-17-40(41)53(7)31-13-14-32-54(53,58)8)34-45(48)57(38-29-25-36(26-30-38)52(4,5)6)43-20-16-22-47(50(43)55)59(46,9)10/h11-12,15-30,33-34H,13-14,31-32H2,1-10H3. The summed E-state index contributed by atoms with van der Waals surface area (Å²) in [7, 11) is -2.11. The monoisotopic (exact) mass is 787 g/mol. The van der Waals surface area contributed by atoms with Crippen molar-refractivity contribution >= 4 is 87.0 Å². The van der Waals surface area contributed by atoms with Crippen LogP contribution in [0.1, 0.15) is 97.8 Å². The molecule has 2 atom stereocenters. The average molecular weight is 788 g/mol. The third kappa shape index (κ3) is 4.88. The number of para-hydroxylation sites is 1. The third-order valence-electron chi connectivity index (χ3n) is 15.7. The highest BCUT2D eigenvalue weighted by Gasteiger charge is 2.58. The molecule has 4 aliphatic heterocycles. The van der Waals surface area contributed by atoms with Crippen molar-refractivity contribution in [2.75, 3.05) is 14.7 Å². The lowest BCUT2D eigenvalue weighted by Crippen LogP contribution is -2.79. The first-order valence-electron chi connectivity index (χ1n) is 22.2. The first-order chi connectivity index (χ1) is 28.0. The van der Waals surface area contributed by atoms with Gasteiger partial charge in [0.2, 0.25) is 0 Å². The Morgan fingerprint density at radius 2 is 0.983 bits per heavy atom. The quantitative estimate of drug-likeness (QED) is 0.165. The number of anilines is 8. The van der Waals surface area contributed by atoms with Gasteiger partial charge >= 0.3 is 0 Å². The van der Waals surface area contributed by atoms with Gasteiger partial charge in [-0.2, -0.15) is 0 Å². The molecule has 296 valence electrons. The molecule has 5 heteroatoms. The molecule has 1 saturated carbocycles. The van der Waals surface area contributed by atoms with Crippen molar-refractivity contribution in [1.82, 2.24) is 0 Å². The Balaban J connectivity index is 1.26. The van der Waals surface area contributed by atoms with Gasteiger partial charge in [0.1, 0.15) is 8.07 Å². The van der Waals surface area contributed by atoms with Gasteiger partial charge in [-0.3, -0.25) is 0 Å². The van der Waals surface area contributed by atoms with Crippen molar-refractivity contribution in [3.63, 3.8) is 0 Å². The van der Waals surface area contributed by atoms with Gasteiger partial charge in [0.15, 0.2) is 0 Å². The smallest absolute Gasteiger partial charge is 0.251 e. The van der Waals surface area contributed by atoms with Crippen molar-refractivity contribution < 1.29 is 0 Å². The van der Waals surface area contributed by atoms with Crippen LogP contribution >= 0.6 is 0 Å². The summed E-state index contributed by atoms with van der Waals surface area (Å²) in [6, 6.07) is 48.1. The zero-order chi connectivity index (χ0) is 41.0. The second-order valence-corrected chi connectivity index (χ2v) is 25.7. The van der Waals surface area contributed by atoms with E-state index in [9.17, 15) is 0 Å². The maximum absolute atomic E-state index is 2.79. The average Bonchev–Trinajstić information content (AvgIpc) is 3.42. The van der Waals surface area contributed by atoms with E-state index in [0.29, 0.717) is 0 Å². The molecule has 11 rings (SSSR count). The van der Waals surface area contributed by atoms with Crippen LogP contribution in [0.15, 0.2) is 121 Å². The van der Waals surface area contributed by atoms with Crippen molar-refractivity contribution in [1.29, 1.82) is 0 Å². The summed E-state index contributed by atoms with van der Waals surface area (Å²) in [5.74, 6) is 0. The molecule has 0 amide bonds. The van der Waals surface area contributed by atoms with E-state index >= 15 is 0 Å². The Hall–Kier alpha value is -5.00. The van der Waals surface area contributed by atoms with Crippen LogP contribution in [0.3, 0.4) is 0 Å². The van der Waals surface area contributed by atoms with E-state index in [4.69, 9.17) is 0 Å². The van der Waals surface area contributed by atoms with Crippen molar-refractivity contribution in [2.24, 2.45) is 0 Å². The molecule has 0 aromatic heterocycles. The van der Waals surface area contributed by atoms with Crippen LogP contribution in [-0.2, 0) is 16.2 Å².